The summed E-state index contributed by atoms with van der Waals surface area (Å²) in [5.41, 5.74) is 2.98. The van der Waals surface area contributed by atoms with Crippen molar-refractivity contribution in [2.24, 2.45) is 0 Å². The second-order valence-electron chi connectivity index (χ2n) is 5.14. The van der Waals surface area contributed by atoms with E-state index in [2.05, 4.69) is 65.1 Å². The largest absolute Gasteiger partial charge is 0.192 e. The molecule has 1 heterocycles. The van der Waals surface area contributed by atoms with Crippen molar-refractivity contribution in [3.63, 3.8) is 0 Å². The first-order chi connectivity index (χ1) is 11.2. The van der Waals surface area contributed by atoms with Crippen LogP contribution in [0.25, 0.3) is 11.6 Å². The molecule has 0 bridgehead atoms. The number of thiophene rings is 1. The number of nitriles is 1. The molecule has 3 rings (SSSR count). The van der Waals surface area contributed by atoms with Crippen molar-refractivity contribution >= 4 is 45.6 Å². The van der Waals surface area contributed by atoms with Gasteiger partial charge in [-0.25, -0.2) is 0 Å². The van der Waals surface area contributed by atoms with Gasteiger partial charge in [-0.3, -0.25) is 0 Å². The summed E-state index contributed by atoms with van der Waals surface area (Å²) >= 11 is 4.01. The highest BCUT2D eigenvalue weighted by atomic mass is 127. The molecule has 1 aromatic heterocycles. The van der Waals surface area contributed by atoms with Gasteiger partial charge in [0.2, 0.25) is 0 Å². The fraction of sp³-hybridized carbons (Fsp3) is 0.0500. The lowest BCUT2D eigenvalue weighted by molar-refractivity contribution is 1.24. The van der Waals surface area contributed by atoms with E-state index in [1.807, 2.05) is 36.4 Å². The molecule has 2 aromatic carbocycles. The SMILES string of the molecule is N#C/C(=C\c1ccc(Cc2ccccc2)s1)c1ccc(I)cc1. The van der Waals surface area contributed by atoms with Crippen LogP contribution < -0.4 is 0 Å². The van der Waals surface area contributed by atoms with Crippen molar-refractivity contribution in [3.8, 4) is 6.07 Å². The molecule has 0 atom stereocenters. The number of allylic oxidation sites excluding steroid dienone is 1. The predicted octanol–water partition coefficient (Wildman–Crippen LogP) is 6.01. The smallest absolute Gasteiger partial charge is 0.0998 e. The van der Waals surface area contributed by atoms with Gasteiger partial charge in [-0.1, -0.05) is 42.5 Å². The van der Waals surface area contributed by atoms with Crippen molar-refractivity contribution in [1.82, 2.24) is 0 Å². The van der Waals surface area contributed by atoms with E-state index in [0.29, 0.717) is 5.57 Å². The van der Waals surface area contributed by atoms with E-state index in [-0.39, 0.29) is 0 Å². The van der Waals surface area contributed by atoms with Gasteiger partial charge in [0.25, 0.3) is 0 Å². The average Bonchev–Trinajstić information content (AvgIpc) is 3.01. The normalized spacial score (nSPS) is 11.2. The first-order valence-electron chi connectivity index (χ1n) is 7.25. The summed E-state index contributed by atoms with van der Waals surface area (Å²) in [7, 11) is 0. The topological polar surface area (TPSA) is 23.8 Å². The lowest BCUT2D eigenvalue weighted by Crippen LogP contribution is -1.82. The minimum atomic E-state index is 0.703. The van der Waals surface area contributed by atoms with Gasteiger partial charge in [-0.2, -0.15) is 5.26 Å². The molecule has 3 heteroatoms. The van der Waals surface area contributed by atoms with Gasteiger partial charge in [0.05, 0.1) is 11.6 Å². The van der Waals surface area contributed by atoms with Crippen molar-refractivity contribution in [3.05, 3.63) is 91.2 Å². The fourth-order valence-corrected chi connectivity index (χ4v) is 3.67. The predicted molar refractivity (Wildman–Crippen MR) is 106 cm³/mol. The van der Waals surface area contributed by atoms with E-state index < -0.39 is 0 Å². The molecule has 23 heavy (non-hydrogen) atoms. The Bertz CT molecular complexity index is 855. The third-order valence-corrected chi connectivity index (χ3v) is 5.22. The molecule has 0 spiro atoms. The second kappa shape index (κ2) is 7.58. The maximum Gasteiger partial charge on any atom is 0.0998 e. The van der Waals surface area contributed by atoms with Crippen molar-refractivity contribution in [1.29, 1.82) is 5.26 Å². The monoisotopic (exact) mass is 427 g/mol. The Labute approximate surface area is 154 Å². The standard InChI is InChI=1S/C20H14INS/c21-18-8-6-16(7-9-18)17(14-22)13-20-11-10-19(23-20)12-15-4-2-1-3-5-15/h1-11,13H,12H2/b17-13+. The summed E-state index contributed by atoms with van der Waals surface area (Å²) in [5.74, 6) is 0. The molecule has 0 radical (unpaired) electrons. The molecular weight excluding hydrogens is 413 g/mol. The molecule has 0 saturated carbocycles. The van der Waals surface area contributed by atoms with E-state index in [9.17, 15) is 5.26 Å². The molecule has 0 aliphatic rings. The van der Waals surface area contributed by atoms with Crippen molar-refractivity contribution in [2.75, 3.05) is 0 Å². The van der Waals surface area contributed by atoms with Gasteiger partial charge >= 0.3 is 0 Å². The van der Waals surface area contributed by atoms with Crippen LogP contribution in [-0.2, 0) is 6.42 Å². The van der Waals surface area contributed by atoms with E-state index in [1.54, 1.807) is 11.3 Å². The van der Waals surface area contributed by atoms with E-state index in [4.69, 9.17) is 0 Å². The molecular formula is C20H14INS. The van der Waals surface area contributed by atoms with Gasteiger partial charge < -0.3 is 0 Å². The molecule has 0 amide bonds. The van der Waals surface area contributed by atoms with Crippen LogP contribution in [0.15, 0.2) is 66.7 Å². The molecule has 0 unspecified atom stereocenters. The molecule has 1 nitrogen and oxygen atoms in total. The maximum absolute atomic E-state index is 9.44. The zero-order valence-corrected chi connectivity index (χ0v) is 15.3. The number of hydrogen-bond donors (Lipinski definition) is 0. The van der Waals surface area contributed by atoms with Gasteiger partial charge in [0.15, 0.2) is 0 Å². The quantitative estimate of drug-likeness (QED) is 0.370. The van der Waals surface area contributed by atoms with Gasteiger partial charge in [0.1, 0.15) is 0 Å². The summed E-state index contributed by atoms with van der Waals surface area (Å²) in [6.07, 6.45) is 2.91. The Balaban J connectivity index is 1.81. The van der Waals surface area contributed by atoms with Crippen LogP contribution in [0.2, 0.25) is 0 Å². The second-order valence-corrected chi connectivity index (χ2v) is 7.59. The Morgan fingerprint density at radius 3 is 2.43 bits per heavy atom. The van der Waals surface area contributed by atoms with Crippen LogP contribution in [-0.4, -0.2) is 0 Å². The highest BCUT2D eigenvalue weighted by Gasteiger charge is 2.04. The van der Waals surface area contributed by atoms with Crippen molar-refractivity contribution < 1.29 is 0 Å². The van der Waals surface area contributed by atoms with Crippen LogP contribution in [0.1, 0.15) is 20.9 Å². The van der Waals surface area contributed by atoms with Crippen LogP contribution in [0.5, 0.6) is 0 Å². The van der Waals surface area contributed by atoms with E-state index >= 15 is 0 Å². The minimum Gasteiger partial charge on any atom is -0.192 e. The fourth-order valence-electron chi connectivity index (χ4n) is 2.32. The number of nitrogens with zero attached hydrogens (tertiary/aromatic N) is 1. The Morgan fingerprint density at radius 2 is 1.74 bits per heavy atom. The van der Waals surface area contributed by atoms with Crippen LogP contribution in [0, 0.1) is 14.9 Å². The molecule has 0 aliphatic carbocycles. The highest BCUT2D eigenvalue weighted by Crippen LogP contribution is 2.25. The van der Waals surface area contributed by atoms with Crippen LogP contribution >= 0.6 is 33.9 Å². The number of benzene rings is 2. The van der Waals surface area contributed by atoms with E-state index in [0.717, 1.165) is 16.9 Å². The molecule has 112 valence electrons. The lowest BCUT2D eigenvalue weighted by Gasteiger charge is -1.99. The summed E-state index contributed by atoms with van der Waals surface area (Å²) in [6, 6.07) is 25.0. The molecule has 0 N–H and O–H groups in total. The molecule has 3 aromatic rings. The maximum atomic E-state index is 9.44. The molecule has 0 saturated heterocycles. The van der Waals surface area contributed by atoms with Crippen LogP contribution in [0.3, 0.4) is 0 Å². The van der Waals surface area contributed by atoms with Gasteiger partial charge in [0, 0.05) is 19.7 Å². The average molecular weight is 427 g/mol. The summed E-state index contributed by atoms with van der Waals surface area (Å²) in [6.45, 7) is 0. The third kappa shape index (κ3) is 4.31. The van der Waals surface area contributed by atoms with Gasteiger partial charge in [-0.05, 0) is 64.1 Å². The first kappa shape index (κ1) is 16.0. The Kier molecular flexibility index (Phi) is 5.27. The summed E-state index contributed by atoms with van der Waals surface area (Å²) in [4.78, 5) is 2.42. The Hall–Kier alpha value is -1.90. The number of rotatable bonds is 4. The molecule has 0 aliphatic heterocycles. The first-order valence-corrected chi connectivity index (χ1v) is 9.14. The van der Waals surface area contributed by atoms with Crippen molar-refractivity contribution in [2.45, 2.75) is 6.42 Å². The minimum absolute atomic E-state index is 0.703. The van der Waals surface area contributed by atoms with Gasteiger partial charge in [-0.15, -0.1) is 11.3 Å². The lowest BCUT2D eigenvalue weighted by atomic mass is 10.1. The number of halogens is 1. The van der Waals surface area contributed by atoms with E-state index in [1.165, 1.54) is 14.0 Å². The highest BCUT2D eigenvalue weighted by molar-refractivity contribution is 14.1. The summed E-state index contributed by atoms with van der Waals surface area (Å²) < 4.78 is 1.17. The van der Waals surface area contributed by atoms with Crippen LogP contribution in [0.4, 0.5) is 0 Å². The summed E-state index contributed by atoms with van der Waals surface area (Å²) in [5, 5.41) is 9.44. The zero-order valence-electron chi connectivity index (χ0n) is 12.4. The zero-order chi connectivity index (χ0) is 16.1. The Morgan fingerprint density at radius 1 is 1.00 bits per heavy atom. The molecule has 0 fully saturated rings. The third-order valence-electron chi connectivity index (χ3n) is 3.47. The number of hydrogen-bond acceptors (Lipinski definition) is 2.